The van der Waals surface area contributed by atoms with Gasteiger partial charge in [-0.2, -0.15) is 13.2 Å². The lowest BCUT2D eigenvalue weighted by atomic mass is 9.80. The molecule has 5 heteroatoms. The Morgan fingerprint density at radius 1 is 1.33 bits per heavy atom. The normalized spacial score (nSPS) is 19.8. The van der Waals surface area contributed by atoms with Crippen LogP contribution in [0.2, 0.25) is 0 Å². The summed E-state index contributed by atoms with van der Waals surface area (Å²) in [6.07, 6.45) is -0.0681. The van der Waals surface area contributed by atoms with Gasteiger partial charge in [-0.3, -0.25) is 4.98 Å². The Morgan fingerprint density at radius 3 is 2.61 bits per heavy atom. The zero-order valence-electron chi connectivity index (χ0n) is 10.3. The number of nitrogens with zero attached hydrogens (tertiary/aromatic N) is 1. The topological polar surface area (TPSA) is 24.9 Å². The van der Waals surface area contributed by atoms with Gasteiger partial charge in [-0.05, 0) is 49.4 Å². The van der Waals surface area contributed by atoms with Crippen LogP contribution in [0.15, 0.2) is 18.5 Å². The van der Waals surface area contributed by atoms with Gasteiger partial charge >= 0.3 is 6.18 Å². The highest BCUT2D eigenvalue weighted by molar-refractivity contribution is 5.30. The summed E-state index contributed by atoms with van der Waals surface area (Å²) in [5.41, 5.74) is -0.208. The first-order valence-electron chi connectivity index (χ1n) is 6.22. The van der Waals surface area contributed by atoms with Gasteiger partial charge in [-0.1, -0.05) is 6.92 Å². The maximum Gasteiger partial charge on any atom is 0.418 e. The monoisotopic (exact) mass is 258 g/mol. The number of rotatable bonds is 2. The van der Waals surface area contributed by atoms with Crippen LogP contribution >= 0.6 is 0 Å². The molecule has 0 aromatic carbocycles. The summed E-state index contributed by atoms with van der Waals surface area (Å²) in [4.78, 5) is 3.61. The number of hydrogen-bond acceptors (Lipinski definition) is 2. The molecule has 2 heterocycles. The highest BCUT2D eigenvalue weighted by Crippen LogP contribution is 2.38. The maximum absolute atomic E-state index is 12.9. The minimum atomic E-state index is -4.31. The summed E-state index contributed by atoms with van der Waals surface area (Å²) in [5, 5.41) is 3.23. The number of halogens is 3. The van der Waals surface area contributed by atoms with Crippen molar-refractivity contribution in [2.75, 3.05) is 13.1 Å². The van der Waals surface area contributed by atoms with E-state index in [0.29, 0.717) is 11.5 Å². The zero-order chi connectivity index (χ0) is 13.2. The van der Waals surface area contributed by atoms with Crippen molar-refractivity contribution in [2.45, 2.75) is 31.9 Å². The Bertz CT molecular complexity index is 397. The molecule has 0 amide bonds. The summed E-state index contributed by atoms with van der Waals surface area (Å²) < 4.78 is 38.8. The third-order valence-electron chi connectivity index (χ3n) is 3.74. The smallest absolute Gasteiger partial charge is 0.317 e. The molecule has 1 aliphatic rings. The minimum Gasteiger partial charge on any atom is -0.317 e. The van der Waals surface area contributed by atoms with E-state index < -0.39 is 11.7 Å². The predicted octanol–water partition coefficient (Wildman–Crippen LogP) is 3.20. The second kappa shape index (κ2) is 5.26. The van der Waals surface area contributed by atoms with Gasteiger partial charge in [0.05, 0.1) is 5.56 Å². The SMILES string of the molecule is CC(c1ccncc1C(F)(F)F)C1CCNCC1. The molecule has 0 saturated carbocycles. The van der Waals surface area contributed by atoms with Crippen LogP contribution in [0.25, 0.3) is 0 Å². The number of alkyl halides is 3. The maximum atomic E-state index is 12.9. The Labute approximate surface area is 105 Å². The van der Waals surface area contributed by atoms with Crippen molar-refractivity contribution in [1.82, 2.24) is 10.3 Å². The van der Waals surface area contributed by atoms with Crippen LogP contribution in [0.5, 0.6) is 0 Å². The number of nitrogens with one attached hydrogen (secondary N) is 1. The molecule has 1 aromatic heterocycles. The number of aromatic nitrogens is 1. The lowest BCUT2D eigenvalue weighted by Gasteiger charge is -2.29. The summed E-state index contributed by atoms with van der Waals surface area (Å²) in [7, 11) is 0. The molecule has 1 aliphatic heterocycles. The van der Waals surface area contributed by atoms with E-state index in [9.17, 15) is 13.2 Å². The molecule has 2 rings (SSSR count). The van der Waals surface area contributed by atoms with Crippen LogP contribution in [0, 0.1) is 5.92 Å². The van der Waals surface area contributed by atoms with Crippen molar-refractivity contribution in [2.24, 2.45) is 5.92 Å². The summed E-state index contributed by atoms with van der Waals surface area (Å²) in [6.45, 7) is 3.67. The molecule has 1 unspecified atom stereocenters. The summed E-state index contributed by atoms with van der Waals surface area (Å²) in [6, 6.07) is 1.51. The van der Waals surface area contributed by atoms with Crippen molar-refractivity contribution in [3.8, 4) is 0 Å². The molecule has 1 fully saturated rings. The van der Waals surface area contributed by atoms with Gasteiger partial charge in [-0.15, -0.1) is 0 Å². The third-order valence-corrected chi connectivity index (χ3v) is 3.74. The Balaban J connectivity index is 2.26. The molecule has 0 spiro atoms. The van der Waals surface area contributed by atoms with E-state index in [1.165, 1.54) is 12.3 Å². The van der Waals surface area contributed by atoms with E-state index in [1.807, 2.05) is 6.92 Å². The predicted molar refractivity (Wildman–Crippen MR) is 63.2 cm³/mol. The third kappa shape index (κ3) is 2.83. The van der Waals surface area contributed by atoms with Crippen molar-refractivity contribution in [3.05, 3.63) is 29.6 Å². The van der Waals surface area contributed by atoms with E-state index in [0.717, 1.165) is 32.1 Å². The van der Waals surface area contributed by atoms with Gasteiger partial charge < -0.3 is 5.32 Å². The molecular formula is C13H17F3N2. The second-order valence-corrected chi connectivity index (χ2v) is 4.84. The lowest BCUT2D eigenvalue weighted by Crippen LogP contribution is -2.30. The average molecular weight is 258 g/mol. The van der Waals surface area contributed by atoms with E-state index >= 15 is 0 Å². The van der Waals surface area contributed by atoms with Crippen LogP contribution in [0.3, 0.4) is 0 Å². The van der Waals surface area contributed by atoms with Crippen molar-refractivity contribution in [3.63, 3.8) is 0 Å². The largest absolute Gasteiger partial charge is 0.418 e. The van der Waals surface area contributed by atoms with Crippen LogP contribution < -0.4 is 5.32 Å². The minimum absolute atomic E-state index is 0.0771. The Morgan fingerprint density at radius 2 is 2.00 bits per heavy atom. The van der Waals surface area contributed by atoms with Gasteiger partial charge in [0.1, 0.15) is 0 Å². The van der Waals surface area contributed by atoms with Crippen LogP contribution in [-0.4, -0.2) is 18.1 Å². The fraction of sp³-hybridized carbons (Fsp3) is 0.615. The molecular weight excluding hydrogens is 241 g/mol. The number of pyridine rings is 1. The van der Waals surface area contributed by atoms with Crippen LogP contribution in [0.1, 0.15) is 36.8 Å². The second-order valence-electron chi connectivity index (χ2n) is 4.84. The van der Waals surface area contributed by atoms with Gasteiger partial charge in [0.25, 0.3) is 0 Å². The lowest BCUT2D eigenvalue weighted by molar-refractivity contribution is -0.138. The van der Waals surface area contributed by atoms with Crippen molar-refractivity contribution >= 4 is 0 Å². The average Bonchev–Trinajstić information content (AvgIpc) is 2.38. The molecule has 0 radical (unpaired) electrons. The van der Waals surface area contributed by atoms with Crippen LogP contribution in [0.4, 0.5) is 13.2 Å². The highest BCUT2D eigenvalue weighted by Gasteiger charge is 2.36. The molecule has 1 atom stereocenters. The van der Waals surface area contributed by atoms with Crippen molar-refractivity contribution in [1.29, 1.82) is 0 Å². The molecule has 1 N–H and O–H groups in total. The fourth-order valence-electron chi connectivity index (χ4n) is 2.64. The molecule has 0 aliphatic carbocycles. The standard InChI is InChI=1S/C13H17F3N2/c1-9(10-2-5-17-6-3-10)11-4-7-18-8-12(11)13(14,15)16/h4,7-10,17H,2-3,5-6H2,1H3. The fourth-order valence-corrected chi connectivity index (χ4v) is 2.64. The molecule has 18 heavy (non-hydrogen) atoms. The first-order valence-corrected chi connectivity index (χ1v) is 6.22. The molecule has 2 nitrogen and oxygen atoms in total. The number of piperidine rings is 1. The van der Waals surface area contributed by atoms with E-state index in [1.54, 1.807) is 0 Å². The molecule has 1 aromatic rings. The Kier molecular flexibility index (Phi) is 3.90. The van der Waals surface area contributed by atoms with E-state index in [4.69, 9.17) is 0 Å². The highest BCUT2D eigenvalue weighted by atomic mass is 19.4. The van der Waals surface area contributed by atoms with Crippen molar-refractivity contribution < 1.29 is 13.2 Å². The summed E-state index contributed by atoms with van der Waals surface area (Å²) >= 11 is 0. The first-order chi connectivity index (χ1) is 8.50. The van der Waals surface area contributed by atoms with Gasteiger partial charge in [-0.25, -0.2) is 0 Å². The number of hydrogen-bond donors (Lipinski definition) is 1. The van der Waals surface area contributed by atoms with Gasteiger partial charge in [0.15, 0.2) is 0 Å². The molecule has 1 saturated heterocycles. The molecule has 100 valence electrons. The van der Waals surface area contributed by atoms with E-state index in [2.05, 4.69) is 10.3 Å². The summed E-state index contributed by atoms with van der Waals surface area (Å²) in [5.74, 6) is 0.237. The van der Waals surface area contributed by atoms with Gasteiger partial charge in [0, 0.05) is 12.4 Å². The zero-order valence-corrected chi connectivity index (χ0v) is 10.3. The van der Waals surface area contributed by atoms with Crippen LogP contribution in [-0.2, 0) is 6.18 Å². The molecule has 0 bridgehead atoms. The van der Waals surface area contributed by atoms with E-state index in [-0.39, 0.29) is 5.92 Å². The quantitative estimate of drug-likeness (QED) is 0.881. The van der Waals surface area contributed by atoms with Gasteiger partial charge in [0.2, 0.25) is 0 Å². The first kappa shape index (κ1) is 13.3. The Hall–Kier alpha value is -1.10.